The van der Waals surface area contributed by atoms with Crippen molar-refractivity contribution in [3.8, 4) is 11.5 Å². The first-order valence-corrected chi connectivity index (χ1v) is 8.77. The molecule has 4 nitrogen and oxygen atoms in total. The second kappa shape index (κ2) is 9.08. The first kappa shape index (κ1) is 20.3. The molecule has 0 saturated heterocycles. The lowest BCUT2D eigenvalue weighted by atomic mass is 9.97. The van der Waals surface area contributed by atoms with Crippen molar-refractivity contribution in [3.05, 3.63) is 69.8 Å². The molecule has 0 atom stereocenters. The molecule has 0 radical (unpaired) electrons. The summed E-state index contributed by atoms with van der Waals surface area (Å²) in [5.41, 5.74) is 4.50. The molecule has 0 amide bonds. The van der Waals surface area contributed by atoms with Crippen molar-refractivity contribution in [2.45, 2.75) is 27.2 Å². The lowest BCUT2D eigenvalue weighted by molar-refractivity contribution is 0.0597. The van der Waals surface area contributed by atoms with Crippen molar-refractivity contribution in [1.82, 2.24) is 0 Å². The van der Waals surface area contributed by atoms with Crippen molar-refractivity contribution < 1.29 is 19.4 Å². The van der Waals surface area contributed by atoms with Gasteiger partial charge in [0.1, 0.15) is 17.1 Å². The summed E-state index contributed by atoms with van der Waals surface area (Å²) in [6.45, 7) is 5.97. The molecule has 0 unspecified atom stereocenters. The molecule has 0 bridgehead atoms. The highest BCUT2D eigenvalue weighted by Gasteiger charge is 2.22. The van der Waals surface area contributed by atoms with Gasteiger partial charge in [0.2, 0.25) is 0 Å². The third-order valence-corrected chi connectivity index (χ3v) is 4.35. The zero-order valence-corrected chi connectivity index (χ0v) is 16.5. The lowest BCUT2D eigenvalue weighted by Gasteiger charge is -2.15. The molecule has 1 N–H and O–H groups in total. The minimum absolute atomic E-state index is 0.108. The van der Waals surface area contributed by atoms with Gasteiger partial charge in [-0.1, -0.05) is 48.1 Å². The van der Waals surface area contributed by atoms with Crippen LogP contribution in [0.2, 0.25) is 0 Å². The number of hydrogen-bond acceptors (Lipinski definition) is 4. The van der Waals surface area contributed by atoms with Crippen LogP contribution in [0.4, 0.5) is 0 Å². The molecule has 0 fully saturated rings. The number of allylic oxidation sites excluding steroid dienone is 2. The van der Waals surface area contributed by atoms with Crippen LogP contribution in [0.5, 0.6) is 11.5 Å². The summed E-state index contributed by atoms with van der Waals surface area (Å²) < 4.78 is 10.4. The van der Waals surface area contributed by atoms with E-state index in [4.69, 9.17) is 9.47 Å². The smallest absolute Gasteiger partial charge is 0.342 e. The second-order valence-electron chi connectivity index (χ2n) is 6.54. The van der Waals surface area contributed by atoms with Gasteiger partial charge in [-0.25, -0.2) is 4.79 Å². The summed E-state index contributed by atoms with van der Waals surface area (Å²) in [5, 5.41) is 10.8. The maximum Gasteiger partial charge on any atom is 0.342 e. The first-order chi connectivity index (χ1) is 12.9. The number of carbonyl (C=O) groups excluding carboxylic acids is 1. The van der Waals surface area contributed by atoms with E-state index in [1.54, 1.807) is 19.3 Å². The van der Waals surface area contributed by atoms with Crippen LogP contribution in [0, 0.1) is 6.92 Å². The molecule has 2 aromatic carbocycles. The monoisotopic (exact) mass is 366 g/mol. The maximum atomic E-state index is 12.4. The van der Waals surface area contributed by atoms with E-state index in [0.29, 0.717) is 23.3 Å². The molecule has 0 heterocycles. The van der Waals surface area contributed by atoms with Crippen molar-refractivity contribution in [1.29, 1.82) is 0 Å². The number of benzene rings is 2. The third kappa shape index (κ3) is 4.79. The number of rotatable bonds is 6. The van der Waals surface area contributed by atoms with Gasteiger partial charge in [0.15, 0.2) is 0 Å². The maximum absolute atomic E-state index is 12.4. The Kier molecular flexibility index (Phi) is 6.83. The van der Waals surface area contributed by atoms with Crippen LogP contribution < -0.4 is 4.74 Å². The summed E-state index contributed by atoms with van der Waals surface area (Å²) in [4.78, 5) is 12.4. The number of methoxy groups -OCH3 is 2. The van der Waals surface area contributed by atoms with Crippen LogP contribution in [0.1, 0.15) is 46.5 Å². The summed E-state index contributed by atoms with van der Waals surface area (Å²) in [6.07, 6.45) is 6.14. The van der Waals surface area contributed by atoms with Gasteiger partial charge in [-0.2, -0.15) is 0 Å². The van der Waals surface area contributed by atoms with Gasteiger partial charge >= 0.3 is 5.97 Å². The van der Waals surface area contributed by atoms with Crippen LogP contribution in [-0.2, 0) is 11.2 Å². The van der Waals surface area contributed by atoms with E-state index in [2.05, 4.69) is 0 Å². The minimum atomic E-state index is -0.585. The predicted octanol–water partition coefficient (Wildman–Crippen LogP) is 5.17. The highest BCUT2D eigenvalue weighted by atomic mass is 16.5. The number of esters is 1. The summed E-state index contributed by atoms with van der Waals surface area (Å²) in [7, 11) is 2.85. The molecule has 0 aliphatic heterocycles. The van der Waals surface area contributed by atoms with E-state index in [1.165, 1.54) is 7.11 Å². The summed E-state index contributed by atoms with van der Waals surface area (Å²) >= 11 is 0. The standard InChI is InChI=1S/C23H26O4/c1-15(2)10-13-19-20(26-4)14-18(21(22(19)24)23(25)27-5)12-11-17-9-7-6-8-16(17)3/h6-12,14,24H,13H2,1-5H3/b12-11+. The largest absolute Gasteiger partial charge is 0.507 e. The number of aryl methyl sites for hydroxylation is 1. The van der Waals surface area contributed by atoms with Crippen LogP contribution in [0.25, 0.3) is 12.2 Å². The van der Waals surface area contributed by atoms with Crippen LogP contribution in [0.15, 0.2) is 42.0 Å². The Balaban J connectivity index is 2.62. The van der Waals surface area contributed by atoms with Crippen LogP contribution in [0.3, 0.4) is 0 Å². The Morgan fingerprint density at radius 2 is 1.78 bits per heavy atom. The Hall–Kier alpha value is -3.01. The van der Waals surface area contributed by atoms with Crippen molar-refractivity contribution >= 4 is 18.1 Å². The fraction of sp³-hybridized carbons (Fsp3) is 0.261. The molecule has 4 heteroatoms. The number of hydrogen-bond donors (Lipinski definition) is 1. The summed E-state index contributed by atoms with van der Waals surface area (Å²) in [6, 6.07) is 9.69. The van der Waals surface area contributed by atoms with Gasteiger partial charge in [-0.05, 0) is 49.9 Å². The Labute approximate surface area is 160 Å². The molecule has 2 rings (SSSR count). The molecular formula is C23H26O4. The molecule has 0 spiro atoms. The molecule has 0 saturated carbocycles. The normalized spacial score (nSPS) is 10.7. The second-order valence-corrected chi connectivity index (χ2v) is 6.54. The minimum Gasteiger partial charge on any atom is -0.507 e. The molecule has 27 heavy (non-hydrogen) atoms. The van der Waals surface area contributed by atoms with E-state index in [0.717, 1.165) is 16.7 Å². The van der Waals surface area contributed by atoms with Gasteiger partial charge < -0.3 is 14.6 Å². The van der Waals surface area contributed by atoms with Gasteiger partial charge in [-0.3, -0.25) is 0 Å². The van der Waals surface area contributed by atoms with E-state index in [-0.39, 0.29) is 11.3 Å². The van der Waals surface area contributed by atoms with Gasteiger partial charge in [0, 0.05) is 5.56 Å². The quantitative estimate of drug-likeness (QED) is 0.435. The number of phenolic OH excluding ortho intramolecular Hbond substituents is 1. The van der Waals surface area contributed by atoms with E-state index >= 15 is 0 Å². The topological polar surface area (TPSA) is 55.8 Å². The van der Waals surface area contributed by atoms with Gasteiger partial charge in [-0.15, -0.1) is 0 Å². The molecule has 0 aliphatic rings. The third-order valence-electron chi connectivity index (χ3n) is 4.35. The average molecular weight is 366 g/mol. The van der Waals surface area contributed by atoms with Gasteiger partial charge in [0.25, 0.3) is 0 Å². The highest BCUT2D eigenvalue weighted by Crippen LogP contribution is 2.36. The van der Waals surface area contributed by atoms with Crippen molar-refractivity contribution in [3.63, 3.8) is 0 Å². The highest BCUT2D eigenvalue weighted by molar-refractivity contribution is 5.98. The number of carbonyl (C=O) groups is 1. The van der Waals surface area contributed by atoms with E-state index in [1.807, 2.05) is 57.2 Å². The van der Waals surface area contributed by atoms with E-state index < -0.39 is 5.97 Å². The zero-order chi connectivity index (χ0) is 20.0. The first-order valence-electron chi connectivity index (χ1n) is 8.77. The summed E-state index contributed by atoms with van der Waals surface area (Å²) in [5.74, 6) is -0.164. The number of aromatic hydroxyl groups is 1. The fourth-order valence-corrected chi connectivity index (χ4v) is 2.79. The Morgan fingerprint density at radius 1 is 1.11 bits per heavy atom. The number of ether oxygens (including phenoxy) is 2. The average Bonchev–Trinajstić information content (AvgIpc) is 2.65. The fourth-order valence-electron chi connectivity index (χ4n) is 2.79. The van der Waals surface area contributed by atoms with Crippen LogP contribution >= 0.6 is 0 Å². The van der Waals surface area contributed by atoms with Gasteiger partial charge in [0.05, 0.1) is 14.2 Å². The van der Waals surface area contributed by atoms with E-state index in [9.17, 15) is 9.90 Å². The zero-order valence-electron chi connectivity index (χ0n) is 16.5. The SMILES string of the molecule is COC(=O)c1c(/C=C/c2ccccc2C)cc(OC)c(CC=C(C)C)c1O. The lowest BCUT2D eigenvalue weighted by Crippen LogP contribution is -2.07. The van der Waals surface area contributed by atoms with Crippen LogP contribution in [-0.4, -0.2) is 25.3 Å². The Morgan fingerprint density at radius 3 is 2.37 bits per heavy atom. The Bertz CT molecular complexity index is 887. The molecule has 0 aromatic heterocycles. The molecule has 2 aromatic rings. The predicted molar refractivity (Wildman–Crippen MR) is 109 cm³/mol. The molecule has 142 valence electrons. The molecular weight excluding hydrogens is 340 g/mol. The van der Waals surface area contributed by atoms with Crippen molar-refractivity contribution in [2.24, 2.45) is 0 Å². The van der Waals surface area contributed by atoms with Crippen molar-refractivity contribution in [2.75, 3.05) is 14.2 Å². The number of phenols is 1. The molecule has 0 aliphatic carbocycles.